The van der Waals surface area contributed by atoms with Gasteiger partial charge in [0, 0.05) is 11.5 Å². The van der Waals surface area contributed by atoms with Crippen LogP contribution in [0.25, 0.3) is 22.3 Å². The maximum Gasteiger partial charge on any atom is 0.292 e. The van der Waals surface area contributed by atoms with Gasteiger partial charge in [-0.05, 0) is 19.1 Å². The summed E-state index contributed by atoms with van der Waals surface area (Å²) in [5, 5.41) is 0. The molecule has 0 amide bonds. The molecule has 0 aliphatic carbocycles. The van der Waals surface area contributed by atoms with E-state index < -0.39 is 0 Å². The van der Waals surface area contributed by atoms with E-state index in [4.69, 9.17) is 10.2 Å². The molecule has 0 saturated carbocycles. The first-order valence-corrected chi connectivity index (χ1v) is 6.27. The lowest BCUT2D eigenvalue weighted by Gasteiger charge is -2.03. The van der Waals surface area contributed by atoms with Crippen LogP contribution in [0, 0.1) is 6.92 Å². The van der Waals surface area contributed by atoms with Crippen molar-refractivity contribution in [2.45, 2.75) is 26.7 Å². The molecule has 3 aromatic rings. The predicted octanol–water partition coefficient (Wildman–Crippen LogP) is 3.23. The molecule has 0 saturated heterocycles. The van der Waals surface area contributed by atoms with Crippen molar-refractivity contribution < 1.29 is 4.42 Å². The first kappa shape index (κ1) is 11.8. The van der Waals surface area contributed by atoms with Crippen molar-refractivity contribution in [1.82, 2.24) is 15.0 Å². The number of hydrogen-bond acceptors (Lipinski definition) is 4. The van der Waals surface area contributed by atoms with Crippen molar-refractivity contribution in [3.63, 3.8) is 0 Å². The average Bonchev–Trinajstić information content (AvgIpc) is 2.89. The van der Waals surface area contributed by atoms with Crippen LogP contribution in [0.2, 0.25) is 0 Å². The molecule has 0 aliphatic heterocycles. The standard InChI is InChI=1S/C14H16N4O/c1-7(2)13-12(18-14(15)19-13)9-4-5-10-11(6-9)17-8(3)16-10/h4-7H,1-3H3,(H2,15,18)(H,16,17). The van der Waals surface area contributed by atoms with Crippen molar-refractivity contribution in [3.8, 4) is 11.3 Å². The van der Waals surface area contributed by atoms with Crippen LogP contribution in [-0.2, 0) is 0 Å². The molecule has 0 spiro atoms. The fourth-order valence-corrected chi connectivity index (χ4v) is 2.23. The largest absolute Gasteiger partial charge is 0.428 e. The normalized spacial score (nSPS) is 11.6. The number of nitrogen functional groups attached to an aromatic ring is 1. The number of rotatable bonds is 2. The number of fused-ring (bicyclic) bond motifs is 1. The van der Waals surface area contributed by atoms with Crippen molar-refractivity contribution in [1.29, 1.82) is 0 Å². The molecule has 3 rings (SSSR count). The van der Waals surface area contributed by atoms with Crippen LogP contribution in [0.5, 0.6) is 0 Å². The number of anilines is 1. The Kier molecular flexibility index (Phi) is 2.55. The Morgan fingerprint density at radius 1 is 1.26 bits per heavy atom. The highest BCUT2D eigenvalue weighted by molar-refractivity contribution is 5.81. The van der Waals surface area contributed by atoms with E-state index in [1.807, 2.05) is 25.1 Å². The SMILES string of the molecule is Cc1nc2ccc(-c3nc(N)oc3C(C)C)cc2[nH]1. The molecule has 0 fully saturated rings. The van der Waals surface area contributed by atoms with Crippen LogP contribution in [0.1, 0.15) is 31.4 Å². The van der Waals surface area contributed by atoms with E-state index in [9.17, 15) is 0 Å². The maximum atomic E-state index is 5.67. The molecule has 98 valence electrons. The Morgan fingerprint density at radius 3 is 2.79 bits per heavy atom. The zero-order chi connectivity index (χ0) is 13.6. The van der Waals surface area contributed by atoms with Gasteiger partial charge in [0.1, 0.15) is 17.3 Å². The third-order valence-electron chi connectivity index (χ3n) is 3.07. The molecule has 3 N–H and O–H groups in total. The van der Waals surface area contributed by atoms with Gasteiger partial charge < -0.3 is 15.1 Å². The zero-order valence-corrected chi connectivity index (χ0v) is 11.2. The van der Waals surface area contributed by atoms with Crippen molar-refractivity contribution in [3.05, 3.63) is 29.8 Å². The van der Waals surface area contributed by atoms with Crippen LogP contribution in [0.3, 0.4) is 0 Å². The number of hydrogen-bond donors (Lipinski definition) is 2. The molecule has 0 atom stereocenters. The lowest BCUT2D eigenvalue weighted by molar-refractivity contribution is 0.500. The van der Waals surface area contributed by atoms with Crippen LogP contribution in [0.4, 0.5) is 6.01 Å². The Balaban J connectivity index is 2.18. The number of aryl methyl sites for hydroxylation is 1. The number of nitrogens with zero attached hydrogens (tertiary/aromatic N) is 2. The third-order valence-corrected chi connectivity index (χ3v) is 3.07. The van der Waals surface area contributed by atoms with E-state index in [2.05, 4.69) is 28.8 Å². The summed E-state index contributed by atoms with van der Waals surface area (Å²) < 4.78 is 5.49. The minimum atomic E-state index is 0.208. The zero-order valence-electron chi connectivity index (χ0n) is 11.2. The van der Waals surface area contributed by atoms with Crippen molar-refractivity contribution in [2.75, 3.05) is 5.73 Å². The number of oxazole rings is 1. The van der Waals surface area contributed by atoms with E-state index in [0.29, 0.717) is 0 Å². The van der Waals surface area contributed by atoms with Crippen LogP contribution in [-0.4, -0.2) is 15.0 Å². The second-order valence-electron chi connectivity index (χ2n) is 4.97. The molecule has 1 aromatic carbocycles. The second-order valence-corrected chi connectivity index (χ2v) is 4.97. The molecular formula is C14H16N4O. The number of nitrogens with one attached hydrogen (secondary N) is 1. The van der Waals surface area contributed by atoms with Gasteiger partial charge >= 0.3 is 0 Å². The third kappa shape index (κ3) is 1.97. The molecule has 5 heteroatoms. The first-order valence-electron chi connectivity index (χ1n) is 6.27. The number of aromatic amines is 1. The van der Waals surface area contributed by atoms with Gasteiger partial charge in [0.05, 0.1) is 11.0 Å². The molecule has 5 nitrogen and oxygen atoms in total. The summed E-state index contributed by atoms with van der Waals surface area (Å²) >= 11 is 0. The lowest BCUT2D eigenvalue weighted by atomic mass is 10.0. The van der Waals surface area contributed by atoms with Crippen LogP contribution >= 0.6 is 0 Å². The van der Waals surface area contributed by atoms with Gasteiger partial charge in [0.15, 0.2) is 0 Å². The molecule has 19 heavy (non-hydrogen) atoms. The molecule has 0 unspecified atom stereocenters. The summed E-state index contributed by atoms with van der Waals surface area (Å²) in [7, 11) is 0. The number of imidazole rings is 1. The van der Waals surface area contributed by atoms with Gasteiger partial charge in [-0.3, -0.25) is 0 Å². The average molecular weight is 256 g/mol. The van der Waals surface area contributed by atoms with Gasteiger partial charge in [-0.2, -0.15) is 4.98 Å². The molecule has 0 radical (unpaired) electrons. The summed E-state index contributed by atoms with van der Waals surface area (Å²) in [6.45, 7) is 6.05. The maximum absolute atomic E-state index is 5.67. The molecule has 2 heterocycles. The fraction of sp³-hybridized carbons (Fsp3) is 0.286. The number of aromatic nitrogens is 3. The highest BCUT2D eigenvalue weighted by atomic mass is 16.4. The van der Waals surface area contributed by atoms with Gasteiger partial charge in [0.2, 0.25) is 0 Å². The van der Waals surface area contributed by atoms with Gasteiger partial charge in [-0.15, -0.1) is 0 Å². The molecule has 2 aromatic heterocycles. The van der Waals surface area contributed by atoms with Crippen molar-refractivity contribution >= 4 is 17.0 Å². The van der Waals surface area contributed by atoms with Gasteiger partial charge in [-0.25, -0.2) is 4.98 Å². The van der Waals surface area contributed by atoms with Crippen LogP contribution < -0.4 is 5.73 Å². The second kappa shape index (κ2) is 4.12. The van der Waals surface area contributed by atoms with Crippen molar-refractivity contribution in [2.24, 2.45) is 0 Å². The summed E-state index contributed by atoms with van der Waals surface area (Å²) in [4.78, 5) is 11.9. The monoisotopic (exact) mass is 256 g/mol. The minimum absolute atomic E-state index is 0.208. The van der Waals surface area contributed by atoms with Crippen LogP contribution in [0.15, 0.2) is 22.6 Å². The first-order chi connectivity index (χ1) is 9.04. The highest BCUT2D eigenvalue weighted by Gasteiger charge is 2.17. The highest BCUT2D eigenvalue weighted by Crippen LogP contribution is 2.31. The van der Waals surface area contributed by atoms with Gasteiger partial charge in [-0.1, -0.05) is 19.9 Å². The predicted molar refractivity (Wildman–Crippen MR) is 74.8 cm³/mol. The fourth-order valence-electron chi connectivity index (χ4n) is 2.23. The van der Waals surface area contributed by atoms with Gasteiger partial charge in [0.25, 0.3) is 6.01 Å². The van der Waals surface area contributed by atoms with E-state index in [-0.39, 0.29) is 11.9 Å². The van der Waals surface area contributed by atoms with E-state index in [1.54, 1.807) is 0 Å². The smallest absolute Gasteiger partial charge is 0.292 e. The Morgan fingerprint density at radius 2 is 2.05 bits per heavy atom. The molecular weight excluding hydrogens is 240 g/mol. The number of nitrogens with two attached hydrogens (primary N) is 1. The Labute approximate surface area is 110 Å². The number of H-pyrrole nitrogens is 1. The van der Waals surface area contributed by atoms with E-state index in [1.165, 1.54) is 0 Å². The number of benzene rings is 1. The summed E-state index contributed by atoms with van der Waals surface area (Å²) in [5.41, 5.74) is 9.41. The minimum Gasteiger partial charge on any atom is -0.428 e. The Hall–Kier alpha value is -2.30. The lowest BCUT2D eigenvalue weighted by Crippen LogP contribution is -1.89. The molecule has 0 bridgehead atoms. The topological polar surface area (TPSA) is 80.7 Å². The summed E-state index contributed by atoms with van der Waals surface area (Å²) in [5.74, 6) is 1.95. The Bertz CT molecular complexity index is 739. The molecule has 0 aliphatic rings. The summed E-state index contributed by atoms with van der Waals surface area (Å²) in [6.07, 6.45) is 0. The quantitative estimate of drug-likeness (QED) is 0.737. The van der Waals surface area contributed by atoms with E-state index in [0.717, 1.165) is 33.9 Å². The summed E-state index contributed by atoms with van der Waals surface area (Å²) in [6, 6.07) is 6.20. The van der Waals surface area contributed by atoms with E-state index >= 15 is 0 Å².